The summed E-state index contributed by atoms with van der Waals surface area (Å²) in [5.41, 5.74) is 4.90. The number of benzene rings is 3. The van der Waals surface area contributed by atoms with Crippen LogP contribution < -0.4 is 10.6 Å². The third-order valence-corrected chi connectivity index (χ3v) is 11.2. The average Bonchev–Trinajstić information content (AvgIpc) is 4.00. The van der Waals surface area contributed by atoms with Crippen LogP contribution in [0.4, 0.5) is 9.59 Å². The van der Waals surface area contributed by atoms with E-state index in [2.05, 4.69) is 62.1 Å². The highest BCUT2D eigenvalue weighted by Gasteiger charge is 2.39. The summed E-state index contributed by atoms with van der Waals surface area (Å²) in [7, 11) is 2.51. The summed E-state index contributed by atoms with van der Waals surface area (Å²) < 4.78 is 9.27. The van der Waals surface area contributed by atoms with Crippen molar-refractivity contribution in [1.29, 1.82) is 0 Å². The van der Waals surface area contributed by atoms with Crippen LogP contribution in [0.15, 0.2) is 60.7 Å². The number of aromatic nitrogens is 4. The molecule has 4 N–H and O–H groups in total. The second-order valence-electron chi connectivity index (χ2n) is 14.9. The Labute approximate surface area is 339 Å². The Morgan fingerprint density at radius 3 is 1.82 bits per heavy atom. The van der Waals surface area contributed by atoms with Gasteiger partial charge in [-0.3, -0.25) is 9.59 Å². The van der Waals surface area contributed by atoms with E-state index >= 15 is 0 Å². The number of nitrogens with zero attached hydrogens (tertiary/aromatic N) is 4. The van der Waals surface area contributed by atoms with Crippen molar-refractivity contribution in [2.45, 2.75) is 51.7 Å². The third-order valence-electron chi connectivity index (χ3n) is 10.7. The highest BCUT2D eigenvalue weighted by atomic mass is 35.5. The Morgan fingerprint density at radius 1 is 0.737 bits per heavy atom. The Morgan fingerprint density at radius 2 is 1.23 bits per heavy atom. The number of imidazole rings is 2. The minimum Gasteiger partial charge on any atom is -0.453 e. The quantitative estimate of drug-likeness (QED) is 0.118. The number of ether oxygens (including phenoxy) is 2. The first kappa shape index (κ1) is 39.6. The average molecular weight is 816 g/mol. The molecular formula is C41H44Cl2N8O6. The molecule has 4 amide bonds. The number of likely N-dealkylation sites (tertiary alicyclic amines) is 2. The number of hydrogen-bond donors (Lipinski definition) is 4. The molecule has 14 nitrogen and oxygen atoms in total. The minimum atomic E-state index is -0.760. The number of alkyl carbamates (subject to hydrolysis) is 2. The van der Waals surface area contributed by atoms with E-state index in [4.69, 9.17) is 33.2 Å². The van der Waals surface area contributed by atoms with Crippen molar-refractivity contribution >= 4 is 58.0 Å². The molecule has 298 valence electrons. The molecule has 2 fully saturated rings. The molecule has 0 saturated carbocycles. The minimum absolute atomic E-state index is 0.169. The Kier molecular flexibility index (Phi) is 11.5. The molecule has 0 unspecified atom stereocenters. The zero-order valence-electron chi connectivity index (χ0n) is 32.2. The van der Waals surface area contributed by atoms with Gasteiger partial charge in [0, 0.05) is 24.2 Å². The molecule has 3 aromatic carbocycles. The molecule has 5 atom stereocenters. The number of H-pyrrole nitrogens is 2. The molecule has 4 heterocycles. The summed E-state index contributed by atoms with van der Waals surface area (Å²) in [5, 5.41) is 7.83. The number of amides is 4. The first-order valence-corrected chi connectivity index (χ1v) is 19.5. The number of nitrogens with one attached hydrogen (secondary N) is 4. The highest BCUT2D eigenvalue weighted by molar-refractivity contribution is 6.32. The summed E-state index contributed by atoms with van der Waals surface area (Å²) >= 11 is 13.4. The van der Waals surface area contributed by atoms with Gasteiger partial charge in [0.2, 0.25) is 11.8 Å². The van der Waals surface area contributed by atoms with E-state index in [1.807, 2.05) is 42.5 Å². The number of aromatic amines is 2. The zero-order valence-corrected chi connectivity index (χ0v) is 33.7. The fraction of sp³-hybridized carbons (Fsp3) is 0.366. The standard InChI is InChI=1S/C41H44Cl2N8O6/c1-21-14-30(50(19-21)32(52)18-44-40(54)56-4)37-46-33(35(42)48-37)25-8-6-24(7-9-25)26-10-11-28-17-29(13-12-27(28)16-26)34-36(43)49-38(47-34)31-15-22(2)20-51(31)39(53)23(3)45-41(55)57-5/h6-13,16-17,21-23,30-31H,14-15,18-20H2,1-5H3,(H,44,54)(H,45,55)(H,46,48)(H,47,49)/t21-,22-,23-,30-,31-/m0/s1. The lowest BCUT2D eigenvalue weighted by molar-refractivity contribution is -0.134. The third kappa shape index (κ3) is 8.28. The number of halogens is 2. The molecule has 16 heteroatoms. The summed E-state index contributed by atoms with van der Waals surface area (Å²) in [6.45, 7) is 6.69. The lowest BCUT2D eigenvalue weighted by Gasteiger charge is -2.26. The van der Waals surface area contributed by atoms with Crippen LogP contribution in [-0.4, -0.2) is 93.6 Å². The molecular weight excluding hydrogens is 771 g/mol. The van der Waals surface area contributed by atoms with Crippen LogP contribution in [0.5, 0.6) is 0 Å². The molecule has 5 aromatic rings. The molecule has 2 aromatic heterocycles. The van der Waals surface area contributed by atoms with Gasteiger partial charge in [0.1, 0.15) is 45.9 Å². The molecule has 0 spiro atoms. The molecule has 2 saturated heterocycles. The maximum atomic E-state index is 13.3. The number of carbonyl (C=O) groups is 4. The van der Waals surface area contributed by atoms with Crippen molar-refractivity contribution in [3.63, 3.8) is 0 Å². The summed E-state index contributed by atoms with van der Waals surface area (Å²) in [6, 6.07) is 18.9. The van der Waals surface area contributed by atoms with Crippen molar-refractivity contribution in [2.24, 2.45) is 11.8 Å². The Bertz CT molecular complexity index is 2330. The van der Waals surface area contributed by atoms with Crippen molar-refractivity contribution in [1.82, 2.24) is 40.4 Å². The van der Waals surface area contributed by atoms with Crippen LogP contribution >= 0.6 is 23.2 Å². The van der Waals surface area contributed by atoms with E-state index in [0.717, 1.165) is 33.0 Å². The lowest BCUT2D eigenvalue weighted by atomic mass is 9.98. The Balaban J connectivity index is 1.06. The smallest absolute Gasteiger partial charge is 0.407 e. The second-order valence-corrected chi connectivity index (χ2v) is 15.6. The molecule has 0 aliphatic carbocycles. The van der Waals surface area contributed by atoms with Crippen LogP contribution in [-0.2, 0) is 19.1 Å². The topological polar surface area (TPSA) is 175 Å². The van der Waals surface area contributed by atoms with E-state index in [1.54, 1.807) is 16.7 Å². The van der Waals surface area contributed by atoms with Gasteiger partial charge in [0.15, 0.2) is 0 Å². The van der Waals surface area contributed by atoms with Crippen molar-refractivity contribution in [3.05, 3.63) is 82.6 Å². The number of carbonyl (C=O) groups excluding carboxylic acids is 4. The van der Waals surface area contributed by atoms with Crippen LogP contribution in [0.3, 0.4) is 0 Å². The maximum absolute atomic E-state index is 13.3. The van der Waals surface area contributed by atoms with Gasteiger partial charge >= 0.3 is 12.2 Å². The second kappa shape index (κ2) is 16.5. The van der Waals surface area contributed by atoms with Crippen molar-refractivity contribution < 1.29 is 28.7 Å². The predicted molar refractivity (Wildman–Crippen MR) is 216 cm³/mol. The highest BCUT2D eigenvalue weighted by Crippen LogP contribution is 2.39. The summed E-state index contributed by atoms with van der Waals surface area (Å²) in [5.74, 6) is 1.23. The van der Waals surface area contributed by atoms with Crippen molar-refractivity contribution in [3.8, 4) is 33.6 Å². The SMILES string of the molecule is COC(=O)NCC(=O)N1C[C@@H](C)C[C@H]1c1nc(-c2ccc(-c3ccc4cc(-c5nc([C@@H]6C[C@H](C)CN6C(=O)[C@H](C)NC(=O)OC)[nH]c5Cl)ccc4c3)cc2)c(Cl)[nH]1. The van der Waals surface area contributed by atoms with E-state index < -0.39 is 18.2 Å². The molecule has 2 aliphatic rings. The van der Waals surface area contributed by atoms with Gasteiger partial charge in [-0.25, -0.2) is 19.6 Å². The molecule has 7 rings (SSSR count). The maximum Gasteiger partial charge on any atom is 0.407 e. The van der Waals surface area contributed by atoms with E-state index in [0.29, 0.717) is 59.3 Å². The zero-order chi connectivity index (χ0) is 40.5. The van der Waals surface area contributed by atoms with Crippen LogP contribution in [0, 0.1) is 11.8 Å². The van der Waals surface area contributed by atoms with Gasteiger partial charge in [-0.15, -0.1) is 0 Å². The van der Waals surface area contributed by atoms with Gasteiger partial charge in [-0.2, -0.15) is 0 Å². The van der Waals surface area contributed by atoms with Gasteiger partial charge in [-0.1, -0.05) is 85.6 Å². The van der Waals surface area contributed by atoms with Gasteiger partial charge in [0.25, 0.3) is 0 Å². The van der Waals surface area contributed by atoms with Gasteiger partial charge in [0.05, 0.1) is 26.3 Å². The normalized spacial score (nSPS) is 19.8. The monoisotopic (exact) mass is 814 g/mol. The number of hydrogen-bond acceptors (Lipinski definition) is 8. The van der Waals surface area contributed by atoms with Crippen LogP contribution in [0.1, 0.15) is 57.3 Å². The largest absolute Gasteiger partial charge is 0.453 e. The van der Waals surface area contributed by atoms with Gasteiger partial charge < -0.3 is 39.9 Å². The van der Waals surface area contributed by atoms with E-state index in [9.17, 15) is 19.2 Å². The Hall–Kier alpha value is -5.60. The number of rotatable bonds is 9. The number of fused-ring (bicyclic) bond motifs is 1. The first-order chi connectivity index (χ1) is 27.3. The van der Waals surface area contributed by atoms with E-state index in [-0.39, 0.29) is 42.3 Å². The fourth-order valence-electron chi connectivity index (χ4n) is 7.83. The van der Waals surface area contributed by atoms with Gasteiger partial charge in [-0.05, 0) is 65.6 Å². The predicted octanol–water partition coefficient (Wildman–Crippen LogP) is 7.51. The van der Waals surface area contributed by atoms with Crippen LogP contribution in [0.25, 0.3) is 44.4 Å². The summed E-state index contributed by atoms with van der Waals surface area (Å²) in [6.07, 6.45) is 0.0908. The fourth-order valence-corrected chi connectivity index (χ4v) is 8.32. The van der Waals surface area contributed by atoms with Crippen LogP contribution in [0.2, 0.25) is 10.3 Å². The first-order valence-electron chi connectivity index (χ1n) is 18.8. The van der Waals surface area contributed by atoms with E-state index in [1.165, 1.54) is 14.2 Å². The lowest BCUT2D eigenvalue weighted by Crippen LogP contribution is -2.46. The van der Waals surface area contributed by atoms with Crippen molar-refractivity contribution in [2.75, 3.05) is 33.9 Å². The summed E-state index contributed by atoms with van der Waals surface area (Å²) in [4.78, 5) is 69.2. The molecule has 2 aliphatic heterocycles. The molecule has 0 radical (unpaired) electrons. The molecule has 57 heavy (non-hydrogen) atoms. The molecule has 0 bridgehead atoms. The number of methoxy groups -OCH3 is 2.